The van der Waals surface area contributed by atoms with Crippen molar-refractivity contribution in [3.05, 3.63) is 156 Å². The van der Waals surface area contributed by atoms with Crippen LogP contribution < -0.4 is 14.8 Å². The highest BCUT2D eigenvalue weighted by molar-refractivity contribution is 6.06. The number of anilines is 1. The molecule has 1 amide bonds. The number of aromatic nitrogens is 1. The Morgan fingerprint density at radius 3 is 2.05 bits per heavy atom. The molecule has 5 aromatic carbocycles. The minimum atomic E-state index is -0.263. The smallest absolute Gasteiger partial charge is 0.259 e. The van der Waals surface area contributed by atoms with Crippen molar-refractivity contribution in [1.82, 2.24) is 4.98 Å². The molecule has 0 fully saturated rings. The molecule has 42 heavy (non-hydrogen) atoms. The summed E-state index contributed by atoms with van der Waals surface area (Å²) in [6.45, 7) is 2.81. The molecule has 0 aliphatic rings. The number of carbonyl (C=O) groups is 1. The van der Waals surface area contributed by atoms with E-state index in [1.165, 1.54) is 0 Å². The Labute approximate surface area is 245 Å². The van der Waals surface area contributed by atoms with E-state index in [0.717, 1.165) is 38.9 Å². The second kappa shape index (κ2) is 12.4. The molecule has 1 heterocycles. The van der Waals surface area contributed by atoms with Crippen molar-refractivity contribution >= 4 is 22.5 Å². The lowest BCUT2D eigenvalue weighted by Crippen LogP contribution is -2.14. The van der Waals surface area contributed by atoms with Crippen LogP contribution in [0.15, 0.2) is 133 Å². The van der Waals surface area contributed by atoms with Gasteiger partial charge in [-0.3, -0.25) is 4.79 Å². The van der Waals surface area contributed by atoms with Gasteiger partial charge in [-0.05, 0) is 60.0 Å². The number of fused-ring (bicyclic) bond motifs is 1. The highest BCUT2D eigenvalue weighted by Crippen LogP contribution is 2.29. The molecule has 6 aromatic rings. The number of rotatable bonds is 9. The summed E-state index contributed by atoms with van der Waals surface area (Å²) in [5.41, 5.74) is 7.14. The van der Waals surface area contributed by atoms with E-state index in [0.29, 0.717) is 36.0 Å². The van der Waals surface area contributed by atoms with Crippen molar-refractivity contribution in [3.8, 4) is 22.8 Å². The molecule has 5 nitrogen and oxygen atoms in total. The first kappa shape index (κ1) is 26.8. The summed E-state index contributed by atoms with van der Waals surface area (Å²) in [7, 11) is 0. The Morgan fingerprint density at radius 1 is 0.690 bits per heavy atom. The van der Waals surface area contributed by atoms with Gasteiger partial charge in [-0.15, -0.1) is 0 Å². The van der Waals surface area contributed by atoms with Gasteiger partial charge in [0.25, 0.3) is 5.91 Å². The number of pyridine rings is 1. The largest absolute Gasteiger partial charge is 0.489 e. The minimum absolute atomic E-state index is 0.263. The van der Waals surface area contributed by atoms with Gasteiger partial charge in [0.2, 0.25) is 0 Å². The standard InChI is InChI=1S/C37H30N2O3/c1-26-22-30-14-8-9-15-34(30)39-36(26)29-16-18-31(19-17-29)38-37(40)33-21-20-32(41-24-27-10-4-2-5-11-27)23-35(33)42-25-28-12-6-3-7-13-28/h2-23H,24-25H2,1H3,(H,38,40). The van der Waals surface area contributed by atoms with Crippen molar-refractivity contribution in [2.24, 2.45) is 0 Å². The zero-order chi connectivity index (χ0) is 28.7. The predicted octanol–water partition coefficient (Wildman–Crippen LogP) is 8.62. The number of aryl methyl sites for hydroxylation is 1. The van der Waals surface area contributed by atoms with Crippen LogP contribution in [0.2, 0.25) is 0 Å². The molecule has 0 aliphatic heterocycles. The highest BCUT2D eigenvalue weighted by atomic mass is 16.5. The molecule has 0 spiro atoms. The van der Waals surface area contributed by atoms with Gasteiger partial charge in [-0.1, -0.05) is 91.0 Å². The SMILES string of the molecule is Cc1cc2ccccc2nc1-c1ccc(NC(=O)c2ccc(OCc3ccccc3)cc2OCc2ccccc2)cc1. The number of benzene rings is 5. The average molecular weight is 551 g/mol. The Kier molecular flexibility index (Phi) is 7.91. The van der Waals surface area contributed by atoms with Crippen molar-refractivity contribution in [2.75, 3.05) is 5.32 Å². The first-order valence-corrected chi connectivity index (χ1v) is 13.9. The Morgan fingerprint density at radius 2 is 1.33 bits per heavy atom. The van der Waals surface area contributed by atoms with Crippen molar-refractivity contribution in [3.63, 3.8) is 0 Å². The monoisotopic (exact) mass is 550 g/mol. The number of nitrogens with one attached hydrogen (secondary N) is 1. The number of para-hydroxylation sites is 1. The fourth-order valence-electron chi connectivity index (χ4n) is 4.80. The van der Waals surface area contributed by atoms with Gasteiger partial charge in [0.15, 0.2) is 0 Å². The maximum atomic E-state index is 13.4. The maximum absolute atomic E-state index is 13.4. The Bertz CT molecular complexity index is 1820. The first-order chi connectivity index (χ1) is 20.6. The van der Waals surface area contributed by atoms with Crippen LogP contribution in [0.4, 0.5) is 5.69 Å². The second-order valence-corrected chi connectivity index (χ2v) is 10.1. The van der Waals surface area contributed by atoms with Crippen LogP contribution in [-0.4, -0.2) is 10.9 Å². The van der Waals surface area contributed by atoms with E-state index in [-0.39, 0.29) is 5.91 Å². The second-order valence-electron chi connectivity index (χ2n) is 10.1. The van der Waals surface area contributed by atoms with Crippen molar-refractivity contribution in [2.45, 2.75) is 20.1 Å². The third-order valence-electron chi connectivity index (χ3n) is 7.01. The molecule has 0 aliphatic carbocycles. The molecular formula is C37H30N2O3. The summed E-state index contributed by atoms with van der Waals surface area (Å²) in [5, 5.41) is 4.13. The zero-order valence-corrected chi connectivity index (χ0v) is 23.3. The first-order valence-electron chi connectivity index (χ1n) is 13.9. The normalized spacial score (nSPS) is 10.8. The molecule has 1 aromatic heterocycles. The predicted molar refractivity (Wildman–Crippen MR) is 168 cm³/mol. The lowest BCUT2D eigenvalue weighted by Gasteiger charge is -2.15. The summed E-state index contributed by atoms with van der Waals surface area (Å²) in [4.78, 5) is 18.3. The molecule has 1 N–H and O–H groups in total. The zero-order valence-electron chi connectivity index (χ0n) is 23.3. The number of ether oxygens (including phenoxy) is 2. The van der Waals surface area contributed by atoms with Crippen LogP contribution in [0.5, 0.6) is 11.5 Å². The Hall–Kier alpha value is -5.42. The molecule has 6 rings (SSSR count). The van der Waals surface area contributed by atoms with Gasteiger partial charge in [-0.25, -0.2) is 4.98 Å². The lowest BCUT2D eigenvalue weighted by molar-refractivity contribution is 0.102. The van der Waals surface area contributed by atoms with Crippen LogP contribution in [-0.2, 0) is 13.2 Å². The van der Waals surface area contributed by atoms with Crippen LogP contribution in [0.3, 0.4) is 0 Å². The maximum Gasteiger partial charge on any atom is 0.259 e. The van der Waals surface area contributed by atoms with E-state index < -0.39 is 0 Å². The van der Waals surface area contributed by atoms with E-state index in [2.05, 4.69) is 24.4 Å². The fraction of sp³-hybridized carbons (Fsp3) is 0.0811. The van der Waals surface area contributed by atoms with Gasteiger partial charge in [0.05, 0.1) is 16.8 Å². The lowest BCUT2D eigenvalue weighted by atomic mass is 10.0. The van der Waals surface area contributed by atoms with Gasteiger partial charge < -0.3 is 14.8 Å². The quantitative estimate of drug-likeness (QED) is 0.196. The number of nitrogens with zero attached hydrogens (tertiary/aromatic N) is 1. The molecule has 0 saturated heterocycles. The van der Waals surface area contributed by atoms with Crippen LogP contribution in [0, 0.1) is 6.92 Å². The van der Waals surface area contributed by atoms with Gasteiger partial charge in [0.1, 0.15) is 24.7 Å². The third-order valence-corrected chi connectivity index (χ3v) is 7.01. The molecule has 5 heteroatoms. The topological polar surface area (TPSA) is 60.5 Å². The van der Waals surface area contributed by atoms with E-state index >= 15 is 0 Å². The molecule has 206 valence electrons. The van der Waals surface area contributed by atoms with Crippen molar-refractivity contribution < 1.29 is 14.3 Å². The Balaban J connectivity index is 1.21. The third kappa shape index (κ3) is 6.31. The van der Waals surface area contributed by atoms with Gasteiger partial charge in [0, 0.05) is 22.7 Å². The van der Waals surface area contributed by atoms with E-state index in [9.17, 15) is 4.79 Å². The minimum Gasteiger partial charge on any atom is -0.489 e. The molecule has 0 saturated carbocycles. The van der Waals surface area contributed by atoms with Crippen LogP contribution >= 0.6 is 0 Å². The van der Waals surface area contributed by atoms with E-state index in [4.69, 9.17) is 14.5 Å². The summed E-state index contributed by atoms with van der Waals surface area (Å²) in [6.07, 6.45) is 0. The summed E-state index contributed by atoms with van der Waals surface area (Å²) < 4.78 is 12.2. The number of amides is 1. The molecule has 0 bridgehead atoms. The van der Waals surface area contributed by atoms with Crippen LogP contribution in [0.25, 0.3) is 22.2 Å². The van der Waals surface area contributed by atoms with Crippen LogP contribution in [0.1, 0.15) is 27.0 Å². The number of hydrogen-bond acceptors (Lipinski definition) is 4. The average Bonchev–Trinajstić information content (AvgIpc) is 3.04. The van der Waals surface area contributed by atoms with E-state index in [1.807, 2.05) is 103 Å². The molecular weight excluding hydrogens is 520 g/mol. The molecule has 0 unspecified atom stereocenters. The summed E-state index contributed by atoms with van der Waals surface area (Å²) in [5.74, 6) is 0.816. The van der Waals surface area contributed by atoms with E-state index in [1.54, 1.807) is 18.2 Å². The number of carbonyl (C=O) groups excluding carboxylic acids is 1. The summed E-state index contributed by atoms with van der Waals surface area (Å²) in [6, 6.07) is 43.1. The fourth-order valence-corrected chi connectivity index (χ4v) is 4.80. The highest BCUT2D eigenvalue weighted by Gasteiger charge is 2.16. The van der Waals surface area contributed by atoms with Gasteiger partial charge in [-0.2, -0.15) is 0 Å². The summed E-state index contributed by atoms with van der Waals surface area (Å²) >= 11 is 0. The molecule has 0 radical (unpaired) electrons. The van der Waals surface area contributed by atoms with Gasteiger partial charge >= 0.3 is 0 Å². The number of hydrogen-bond donors (Lipinski definition) is 1. The van der Waals surface area contributed by atoms with Crippen molar-refractivity contribution in [1.29, 1.82) is 0 Å². The molecule has 0 atom stereocenters.